The van der Waals surface area contributed by atoms with Crippen molar-refractivity contribution < 1.29 is 4.42 Å². The minimum absolute atomic E-state index is 0.894. The van der Waals surface area contributed by atoms with Gasteiger partial charge in [-0.25, -0.2) is 0 Å². The normalized spacial score (nSPS) is 11.4. The summed E-state index contributed by atoms with van der Waals surface area (Å²) < 4.78 is 6.57. The lowest BCUT2D eigenvalue weighted by molar-refractivity contribution is 0.673. The fourth-order valence-electron chi connectivity index (χ4n) is 9.48. The highest BCUT2D eigenvalue weighted by Gasteiger charge is 2.18. The fraction of sp³-hybridized carbons (Fsp3) is 0. The lowest BCUT2D eigenvalue weighted by Crippen LogP contribution is -2.10. The van der Waals surface area contributed by atoms with Crippen molar-refractivity contribution >= 4 is 60.5 Å². The first kappa shape index (κ1) is 37.3. The minimum Gasteiger partial charge on any atom is -0.455 e. The monoisotopic (exact) mass is 815 g/mol. The molecule has 0 aliphatic heterocycles. The topological polar surface area (TPSA) is 16.4 Å². The third kappa shape index (κ3) is 6.70. The van der Waals surface area contributed by atoms with Gasteiger partial charge >= 0.3 is 0 Å². The van der Waals surface area contributed by atoms with E-state index >= 15 is 0 Å². The predicted octanol–water partition coefficient (Wildman–Crippen LogP) is 17.7. The Hall–Kier alpha value is -8.46. The molecule has 64 heavy (non-hydrogen) atoms. The van der Waals surface area contributed by atoms with Gasteiger partial charge in [-0.05, 0) is 132 Å². The summed E-state index contributed by atoms with van der Waals surface area (Å²) >= 11 is 0. The van der Waals surface area contributed by atoms with Gasteiger partial charge in [0, 0.05) is 33.2 Å². The Morgan fingerprint density at radius 3 is 1.58 bits per heavy atom. The Morgan fingerprint density at radius 2 is 0.812 bits per heavy atom. The molecule has 300 valence electrons. The lowest BCUT2D eigenvalue weighted by atomic mass is 9.91. The number of fused-ring (bicyclic) bond motifs is 6. The first-order valence-corrected chi connectivity index (χ1v) is 21.9. The molecule has 0 aliphatic rings. The summed E-state index contributed by atoms with van der Waals surface area (Å²) in [5.41, 5.74) is 16.9. The van der Waals surface area contributed by atoms with Gasteiger partial charge in [0.25, 0.3) is 0 Å². The first-order valence-electron chi connectivity index (χ1n) is 21.9. The largest absolute Gasteiger partial charge is 0.455 e. The third-order valence-corrected chi connectivity index (χ3v) is 12.7. The number of hydrogen-bond acceptors (Lipinski definition) is 2. The van der Waals surface area contributed by atoms with E-state index in [0.29, 0.717) is 0 Å². The van der Waals surface area contributed by atoms with Crippen molar-refractivity contribution in [1.29, 1.82) is 0 Å². The zero-order valence-electron chi connectivity index (χ0n) is 35.0. The van der Waals surface area contributed by atoms with Gasteiger partial charge in [-0.15, -0.1) is 0 Å². The molecule has 11 aromatic carbocycles. The molecule has 0 saturated heterocycles. The molecular weight excluding hydrogens is 775 g/mol. The number of benzene rings is 11. The van der Waals surface area contributed by atoms with Crippen molar-refractivity contribution in [3.63, 3.8) is 0 Å². The Kier molecular flexibility index (Phi) is 9.20. The SMILES string of the molecule is c1ccc(-c2ccc(-c3ccc(N(c4ccc(-c5cccc6oc7c8ccccc8ccc7c56)cc4)c4cccc(-c5ccc6ccccc6c5)c4)cc3)cc2-c2ccccc2)cc1. The number of nitrogens with zero attached hydrogens (tertiary/aromatic N) is 1. The summed E-state index contributed by atoms with van der Waals surface area (Å²) in [7, 11) is 0. The highest BCUT2D eigenvalue weighted by molar-refractivity contribution is 6.19. The van der Waals surface area contributed by atoms with Crippen LogP contribution >= 0.6 is 0 Å². The van der Waals surface area contributed by atoms with Gasteiger partial charge in [0.15, 0.2) is 0 Å². The van der Waals surface area contributed by atoms with Gasteiger partial charge in [-0.2, -0.15) is 0 Å². The molecule has 2 nitrogen and oxygen atoms in total. The van der Waals surface area contributed by atoms with Crippen molar-refractivity contribution in [1.82, 2.24) is 0 Å². The van der Waals surface area contributed by atoms with Gasteiger partial charge in [0.05, 0.1) is 0 Å². The summed E-state index contributed by atoms with van der Waals surface area (Å²) in [4.78, 5) is 2.37. The Bertz CT molecular complexity index is 3640. The van der Waals surface area contributed by atoms with Crippen LogP contribution in [0.25, 0.3) is 99.1 Å². The summed E-state index contributed by atoms with van der Waals surface area (Å²) in [6.07, 6.45) is 0. The average Bonchev–Trinajstić information content (AvgIpc) is 3.77. The van der Waals surface area contributed by atoms with Gasteiger partial charge in [0.2, 0.25) is 0 Å². The summed E-state index contributed by atoms with van der Waals surface area (Å²) in [5, 5.41) is 7.04. The fourth-order valence-corrected chi connectivity index (χ4v) is 9.48. The third-order valence-electron chi connectivity index (χ3n) is 12.7. The number of furan rings is 1. The molecule has 0 bridgehead atoms. The van der Waals surface area contributed by atoms with Crippen LogP contribution in [-0.2, 0) is 0 Å². The van der Waals surface area contributed by atoms with E-state index in [0.717, 1.165) is 61.1 Å². The van der Waals surface area contributed by atoms with Crippen LogP contribution in [0.15, 0.2) is 253 Å². The van der Waals surface area contributed by atoms with Crippen molar-refractivity contribution in [3.05, 3.63) is 249 Å². The molecule has 0 amide bonds. The van der Waals surface area contributed by atoms with E-state index < -0.39 is 0 Å². The lowest BCUT2D eigenvalue weighted by Gasteiger charge is -2.26. The Balaban J connectivity index is 0.956. The van der Waals surface area contributed by atoms with Crippen molar-refractivity contribution in [2.75, 3.05) is 4.90 Å². The number of anilines is 3. The standard InChI is InChI=1S/C62H41NO/c1-3-14-44(15-4-1)55-37-32-51(41-59(55)45-16-5-2-6-17-45)43-27-33-52(34-28-43)63(54-21-11-20-49(40-54)50-26-25-42-13-7-8-19-48(42)39-50)53-35-29-47(30-36-53)56-23-12-24-60-61(56)58-38-31-46-18-9-10-22-57(46)62(58)64-60/h1-41H. The smallest absolute Gasteiger partial charge is 0.143 e. The maximum absolute atomic E-state index is 6.57. The van der Waals surface area contributed by atoms with Gasteiger partial charge in [-0.3, -0.25) is 0 Å². The van der Waals surface area contributed by atoms with Crippen molar-refractivity contribution in [2.45, 2.75) is 0 Å². The van der Waals surface area contributed by atoms with Crippen molar-refractivity contribution in [2.24, 2.45) is 0 Å². The molecule has 2 heteroatoms. The quantitative estimate of drug-likeness (QED) is 0.152. The van der Waals surface area contributed by atoms with Crippen LogP contribution in [0, 0.1) is 0 Å². The van der Waals surface area contributed by atoms with E-state index in [2.05, 4.69) is 254 Å². The molecule has 12 rings (SSSR count). The van der Waals surface area contributed by atoms with Crippen LogP contribution in [-0.4, -0.2) is 0 Å². The van der Waals surface area contributed by atoms with Gasteiger partial charge < -0.3 is 9.32 Å². The van der Waals surface area contributed by atoms with E-state index in [1.165, 1.54) is 55.1 Å². The van der Waals surface area contributed by atoms with E-state index in [1.54, 1.807) is 0 Å². The highest BCUT2D eigenvalue weighted by atomic mass is 16.3. The van der Waals surface area contributed by atoms with E-state index in [1.807, 2.05) is 0 Å². The van der Waals surface area contributed by atoms with Gasteiger partial charge in [0.1, 0.15) is 11.2 Å². The molecule has 1 heterocycles. The maximum Gasteiger partial charge on any atom is 0.143 e. The maximum atomic E-state index is 6.57. The summed E-state index contributed by atoms with van der Waals surface area (Å²) in [6, 6.07) is 89.6. The molecule has 0 aliphatic carbocycles. The van der Waals surface area contributed by atoms with Crippen LogP contribution in [0.4, 0.5) is 17.1 Å². The van der Waals surface area contributed by atoms with Crippen LogP contribution in [0.2, 0.25) is 0 Å². The molecule has 0 unspecified atom stereocenters. The first-order chi connectivity index (χ1) is 31.7. The van der Waals surface area contributed by atoms with Crippen molar-refractivity contribution in [3.8, 4) is 55.6 Å². The molecule has 12 aromatic rings. The zero-order valence-corrected chi connectivity index (χ0v) is 35.0. The van der Waals surface area contributed by atoms with Crippen LogP contribution < -0.4 is 4.90 Å². The molecule has 0 spiro atoms. The average molecular weight is 816 g/mol. The molecular formula is C62H41NO. The minimum atomic E-state index is 0.894. The second-order valence-electron chi connectivity index (χ2n) is 16.5. The Morgan fingerprint density at radius 1 is 0.266 bits per heavy atom. The Labute approximate surface area is 372 Å². The molecule has 0 atom stereocenters. The predicted molar refractivity (Wildman–Crippen MR) is 271 cm³/mol. The number of rotatable bonds is 8. The van der Waals surface area contributed by atoms with Crippen LogP contribution in [0.3, 0.4) is 0 Å². The molecule has 0 fully saturated rings. The molecule has 0 radical (unpaired) electrons. The number of hydrogen-bond donors (Lipinski definition) is 0. The van der Waals surface area contributed by atoms with E-state index in [-0.39, 0.29) is 0 Å². The highest BCUT2D eigenvalue weighted by Crippen LogP contribution is 2.43. The second-order valence-corrected chi connectivity index (χ2v) is 16.5. The summed E-state index contributed by atoms with van der Waals surface area (Å²) in [6.45, 7) is 0. The zero-order chi connectivity index (χ0) is 42.4. The van der Waals surface area contributed by atoms with Crippen LogP contribution in [0.1, 0.15) is 0 Å². The second kappa shape index (κ2) is 15.8. The molecule has 1 aromatic heterocycles. The summed E-state index contributed by atoms with van der Waals surface area (Å²) in [5.74, 6) is 0. The molecule has 0 N–H and O–H groups in total. The van der Waals surface area contributed by atoms with Crippen LogP contribution in [0.5, 0.6) is 0 Å². The van der Waals surface area contributed by atoms with E-state index in [4.69, 9.17) is 4.42 Å². The van der Waals surface area contributed by atoms with Gasteiger partial charge in [-0.1, -0.05) is 188 Å². The van der Waals surface area contributed by atoms with E-state index in [9.17, 15) is 0 Å². The molecule has 0 saturated carbocycles.